The Morgan fingerprint density at radius 2 is 1.70 bits per heavy atom. The van der Waals surface area contributed by atoms with E-state index in [0.717, 1.165) is 27.8 Å². The van der Waals surface area contributed by atoms with Gasteiger partial charge in [0, 0.05) is 30.6 Å². The number of ketones is 1. The third kappa shape index (κ3) is 5.15. The van der Waals surface area contributed by atoms with E-state index in [0.29, 0.717) is 10.6 Å². The number of fused-ring (bicyclic) bond motifs is 1. The fourth-order valence-corrected chi connectivity index (χ4v) is 6.82. The molecule has 0 unspecified atom stereocenters. The number of anilines is 1. The van der Waals surface area contributed by atoms with Crippen molar-refractivity contribution in [2.24, 2.45) is 0 Å². The van der Waals surface area contributed by atoms with Crippen molar-refractivity contribution in [2.45, 2.75) is 32.7 Å². The molecule has 1 aliphatic heterocycles. The molecule has 6 nitrogen and oxygen atoms in total. The van der Waals surface area contributed by atoms with Crippen LogP contribution in [0.1, 0.15) is 24.0 Å². The summed E-state index contributed by atoms with van der Waals surface area (Å²) in [5.41, 5.74) is 1.29. The van der Waals surface area contributed by atoms with Crippen molar-refractivity contribution in [2.75, 3.05) is 17.4 Å². The fraction of sp³-hybridized carbons (Fsp3) is 0.318. The number of carbonyl (C=O) groups excluding carboxylic acids is 1. The summed E-state index contributed by atoms with van der Waals surface area (Å²) in [5.74, 6) is -0.362. The van der Waals surface area contributed by atoms with Crippen LogP contribution in [0.2, 0.25) is 0 Å². The maximum Gasteiger partial charge on any atom is 0.573 e. The van der Waals surface area contributed by atoms with E-state index in [1.54, 1.807) is 0 Å². The number of thiophene rings is 1. The second-order valence-corrected chi connectivity index (χ2v) is 10.6. The molecule has 0 aliphatic carbocycles. The molecule has 0 saturated carbocycles. The Labute approximate surface area is 193 Å². The van der Waals surface area contributed by atoms with E-state index < -0.39 is 16.6 Å². The molecule has 1 saturated heterocycles. The number of hydrogen-bond acceptors (Lipinski definition) is 5. The minimum Gasteiger partial charge on any atom is -0.406 e. The van der Waals surface area contributed by atoms with Gasteiger partial charge in [0.2, 0.25) is 0 Å². The number of Topliss-reactive ketones (excluding diaryl/α,β-unsaturated/α-hetero) is 1. The predicted octanol–water partition coefficient (Wildman–Crippen LogP) is 5.02. The van der Waals surface area contributed by atoms with Gasteiger partial charge in [0.15, 0.2) is 0 Å². The Morgan fingerprint density at radius 3 is 2.30 bits per heavy atom. The fourth-order valence-electron chi connectivity index (χ4n) is 3.73. The van der Waals surface area contributed by atoms with Crippen molar-refractivity contribution in [3.63, 3.8) is 0 Å². The lowest BCUT2D eigenvalue weighted by molar-refractivity contribution is -0.274. The molecule has 1 aromatic heterocycles. The minimum absolute atomic E-state index is 0.0197. The van der Waals surface area contributed by atoms with Crippen molar-refractivity contribution < 1.29 is 31.1 Å². The van der Waals surface area contributed by atoms with Gasteiger partial charge in [0.25, 0.3) is 0 Å². The monoisotopic (exact) mass is 498 g/mol. The highest BCUT2D eigenvalue weighted by Crippen LogP contribution is 2.40. The topological polar surface area (TPSA) is 66.9 Å². The molecule has 1 aliphatic rings. The molecule has 4 rings (SSSR count). The molecular weight excluding hydrogens is 477 g/mol. The second-order valence-electron chi connectivity index (χ2n) is 7.67. The lowest BCUT2D eigenvalue weighted by atomic mass is 10.1. The average molecular weight is 499 g/mol. The maximum atomic E-state index is 13.7. The van der Waals surface area contributed by atoms with Gasteiger partial charge in [0.05, 0.1) is 6.54 Å². The Bertz CT molecular complexity index is 1260. The largest absolute Gasteiger partial charge is 0.573 e. The summed E-state index contributed by atoms with van der Waals surface area (Å²) in [7, 11) is -3.99. The summed E-state index contributed by atoms with van der Waals surface area (Å²) in [6, 6.07) is 12.7. The summed E-state index contributed by atoms with van der Waals surface area (Å²) >= 11 is 1.33. The summed E-state index contributed by atoms with van der Waals surface area (Å²) < 4.78 is 72.1. The predicted molar refractivity (Wildman–Crippen MR) is 121 cm³/mol. The third-order valence-corrected chi connectivity index (χ3v) is 8.71. The molecule has 0 radical (unpaired) electrons. The minimum atomic E-state index is -4.81. The Kier molecular flexibility index (Phi) is 6.39. The zero-order valence-electron chi connectivity index (χ0n) is 17.6. The molecule has 2 aromatic carbocycles. The van der Waals surface area contributed by atoms with Crippen molar-refractivity contribution in [1.29, 1.82) is 0 Å². The van der Waals surface area contributed by atoms with Gasteiger partial charge in [-0.15, -0.1) is 24.5 Å². The van der Waals surface area contributed by atoms with Gasteiger partial charge in [0.1, 0.15) is 16.5 Å². The Balaban J connectivity index is 1.71. The average Bonchev–Trinajstić information content (AvgIpc) is 3.08. The van der Waals surface area contributed by atoms with E-state index >= 15 is 0 Å². The van der Waals surface area contributed by atoms with Gasteiger partial charge >= 0.3 is 16.6 Å². The number of rotatable bonds is 6. The van der Waals surface area contributed by atoms with Crippen LogP contribution < -0.4 is 9.04 Å². The number of ether oxygens (including phenoxy) is 1. The van der Waals surface area contributed by atoms with Crippen LogP contribution in [-0.4, -0.2) is 38.0 Å². The zero-order chi connectivity index (χ0) is 23.8. The standard InChI is InChI=1S/C22H21F3N2O4S2/c1-15-19-4-2-3-5-20(19)32-21(15)27(33(29,30)26-12-10-17(28)11-13-26)14-16-6-8-18(9-7-16)31-22(23,24)25/h2-9H,10-14H2,1H3. The highest BCUT2D eigenvalue weighted by atomic mass is 32.2. The first kappa shape index (κ1) is 23.5. The van der Waals surface area contributed by atoms with Gasteiger partial charge in [-0.1, -0.05) is 30.3 Å². The Morgan fingerprint density at radius 1 is 1.06 bits per heavy atom. The van der Waals surface area contributed by atoms with Crippen LogP contribution in [-0.2, 0) is 21.5 Å². The first-order chi connectivity index (χ1) is 15.5. The number of aryl methyl sites for hydroxylation is 1. The number of carbonyl (C=O) groups is 1. The first-order valence-electron chi connectivity index (χ1n) is 10.2. The van der Waals surface area contributed by atoms with Crippen molar-refractivity contribution in [1.82, 2.24) is 4.31 Å². The van der Waals surface area contributed by atoms with E-state index in [4.69, 9.17) is 0 Å². The van der Waals surface area contributed by atoms with Gasteiger partial charge in [-0.25, -0.2) is 4.31 Å². The van der Waals surface area contributed by atoms with Crippen LogP contribution in [0.5, 0.6) is 5.75 Å². The Hall–Kier alpha value is -2.63. The van der Waals surface area contributed by atoms with Crippen LogP contribution >= 0.6 is 11.3 Å². The van der Waals surface area contributed by atoms with Crippen LogP contribution in [0.4, 0.5) is 18.2 Å². The molecule has 11 heteroatoms. The van der Waals surface area contributed by atoms with E-state index in [1.165, 1.54) is 32.1 Å². The molecular formula is C22H21F3N2O4S2. The summed E-state index contributed by atoms with van der Waals surface area (Å²) in [6.07, 6.45) is -4.50. The SMILES string of the molecule is Cc1c(N(Cc2ccc(OC(F)(F)F)cc2)S(=O)(=O)N2CCC(=O)CC2)sc2ccccc12. The molecule has 0 bridgehead atoms. The third-order valence-electron chi connectivity index (χ3n) is 5.41. The van der Waals surface area contributed by atoms with Gasteiger partial charge in [-0.2, -0.15) is 12.7 Å². The molecule has 176 valence electrons. The molecule has 0 atom stereocenters. The van der Waals surface area contributed by atoms with Crippen molar-refractivity contribution in [3.05, 3.63) is 59.7 Å². The van der Waals surface area contributed by atoms with Gasteiger partial charge in [-0.05, 0) is 41.6 Å². The first-order valence-corrected chi connectivity index (χ1v) is 12.4. The van der Waals surface area contributed by atoms with Crippen LogP contribution in [0.25, 0.3) is 10.1 Å². The number of halogens is 3. The number of benzene rings is 2. The second kappa shape index (κ2) is 8.96. The lowest BCUT2D eigenvalue weighted by Gasteiger charge is -2.32. The lowest BCUT2D eigenvalue weighted by Crippen LogP contribution is -2.47. The normalized spacial score (nSPS) is 15.7. The van der Waals surface area contributed by atoms with Crippen molar-refractivity contribution >= 4 is 42.4 Å². The van der Waals surface area contributed by atoms with E-state index in [9.17, 15) is 26.4 Å². The molecule has 3 aromatic rings. The van der Waals surface area contributed by atoms with E-state index in [-0.39, 0.29) is 44.0 Å². The molecule has 0 amide bonds. The van der Waals surface area contributed by atoms with Gasteiger partial charge < -0.3 is 4.74 Å². The molecule has 0 N–H and O–H groups in total. The molecule has 0 spiro atoms. The number of nitrogens with zero attached hydrogens (tertiary/aromatic N) is 2. The van der Waals surface area contributed by atoms with Gasteiger partial charge in [-0.3, -0.25) is 4.79 Å². The summed E-state index contributed by atoms with van der Waals surface area (Å²) in [5, 5.41) is 1.46. The number of hydrogen-bond donors (Lipinski definition) is 0. The van der Waals surface area contributed by atoms with Crippen molar-refractivity contribution in [3.8, 4) is 5.75 Å². The quantitative estimate of drug-likeness (QED) is 0.479. The summed E-state index contributed by atoms with van der Waals surface area (Å²) in [4.78, 5) is 11.6. The van der Waals surface area contributed by atoms with Crippen LogP contribution in [0.3, 0.4) is 0 Å². The van der Waals surface area contributed by atoms with E-state index in [1.807, 2.05) is 31.2 Å². The highest BCUT2D eigenvalue weighted by Gasteiger charge is 2.35. The van der Waals surface area contributed by atoms with Crippen LogP contribution in [0, 0.1) is 6.92 Å². The molecule has 1 fully saturated rings. The van der Waals surface area contributed by atoms with Crippen LogP contribution in [0.15, 0.2) is 48.5 Å². The maximum absolute atomic E-state index is 13.7. The molecule has 33 heavy (non-hydrogen) atoms. The van der Waals surface area contributed by atoms with E-state index in [2.05, 4.69) is 4.74 Å². The summed E-state index contributed by atoms with van der Waals surface area (Å²) in [6.45, 7) is 1.96. The smallest absolute Gasteiger partial charge is 0.406 e. The number of alkyl halides is 3. The molecule has 2 heterocycles. The highest BCUT2D eigenvalue weighted by molar-refractivity contribution is 7.90. The number of piperidine rings is 1. The zero-order valence-corrected chi connectivity index (χ0v) is 19.3.